The van der Waals surface area contributed by atoms with Gasteiger partial charge in [0.05, 0.1) is 6.04 Å². The molecule has 11 nitrogen and oxygen atoms in total. The van der Waals surface area contributed by atoms with Crippen molar-refractivity contribution in [1.29, 1.82) is 0 Å². The zero-order valence-corrected chi connectivity index (χ0v) is 16.5. The number of ether oxygens (including phenoxy) is 3. The van der Waals surface area contributed by atoms with Crippen molar-refractivity contribution in [1.82, 2.24) is 10.2 Å². The topological polar surface area (TPSA) is 144 Å². The van der Waals surface area contributed by atoms with E-state index < -0.39 is 30.4 Å². The van der Waals surface area contributed by atoms with E-state index in [9.17, 15) is 32.3 Å². The molecule has 3 N–H and O–H groups in total. The highest BCUT2D eigenvalue weighted by Crippen LogP contribution is 2.46. The number of hydrogen-bond acceptors (Lipinski definition) is 8. The Kier molecular flexibility index (Phi) is 5.61. The first-order valence-corrected chi connectivity index (χ1v) is 9.59. The molecule has 0 saturated carbocycles. The molecule has 3 aliphatic rings. The number of piperidine rings is 1. The van der Waals surface area contributed by atoms with E-state index in [2.05, 4.69) is 15.4 Å². The normalized spacial score (nSPS) is 23.4. The molecule has 2 amide bonds. The van der Waals surface area contributed by atoms with Crippen molar-refractivity contribution in [3.8, 4) is 5.75 Å². The maximum atomic E-state index is 12.3. The van der Waals surface area contributed by atoms with E-state index in [1.165, 1.54) is 17.0 Å². The molecule has 0 aliphatic carbocycles. The van der Waals surface area contributed by atoms with Crippen molar-refractivity contribution in [2.24, 2.45) is 5.92 Å². The fourth-order valence-electron chi connectivity index (χ4n) is 4.06. The van der Waals surface area contributed by atoms with Gasteiger partial charge in [-0.2, -0.15) is 13.2 Å². The summed E-state index contributed by atoms with van der Waals surface area (Å²) in [6.45, 7) is 0.181. The van der Waals surface area contributed by atoms with Gasteiger partial charge in [-0.3, -0.25) is 15.0 Å². The van der Waals surface area contributed by atoms with Gasteiger partial charge in [0.2, 0.25) is 11.8 Å². The lowest BCUT2D eigenvalue weighted by atomic mass is 9.79. The summed E-state index contributed by atoms with van der Waals surface area (Å²) in [5.41, 5.74) is 0.499. The van der Waals surface area contributed by atoms with Crippen molar-refractivity contribution in [3.63, 3.8) is 0 Å². The van der Waals surface area contributed by atoms with Gasteiger partial charge in [0, 0.05) is 17.2 Å². The molecule has 14 heteroatoms. The first kappa shape index (κ1) is 22.4. The van der Waals surface area contributed by atoms with Gasteiger partial charge in [-0.1, -0.05) is 0 Å². The quantitative estimate of drug-likeness (QED) is 0.333. The number of benzene rings is 1. The summed E-state index contributed by atoms with van der Waals surface area (Å²) in [5.74, 6) is -3.48. The van der Waals surface area contributed by atoms with Crippen LogP contribution in [0, 0.1) is 5.92 Å². The van der Waals surface area contributed by atoms with E-state index in [-0.39, 0.29) is 41.8 Å². The summed E-state index contributed by atoms with van der Waals surface area (Å²) in [5, 5.41) is 14.4. The van der Waals surface area contributed by atoms with Gasteiger partial charge in [0.1, 0.15) is 18.4 Å². The predicted molar refractivity (Wildman–Crippen MR) is 99.8 cm³/mol. The molecule has 3 heterocycles. The Hall–Kier alpha value is -3.81. The van der Waals surface area contributed by atoms with Crippen LogP contribution in [-0.2, 0) is 19.1 Å². The van der Waals surface area contributed by atoms with Gasteiger partial charge < -0.3 is 24.6 Å². The Morgan fingerprint density at radius 2 is 1.88 bits per heavy atom. The van der Waals surface area contributed by atoms with Crippen molar-refractivity contribution in [2.75, 3.05) is 18.5 Å². The lowest BCUT2D eigenvalue weighted by Gasteiger charge is -2.48. The third kappa shape index (κ3) is 4.28. The zero-order valence-electron chi connectivity index (χ0n) is 16.5. The largest absolute Gasteiger partial charge is 0.512 e. The number of halogens is 3. The maximum Gasteiger partial charge on any atom is 0.512 e. The number of hydrogen-bond donors (Lipinski definition) is 3. The highest BCUT2D eigenvalue weighted by atomic mass is 19.4. The molecule has 33 heavy (non-hydrogen) atoms. The number of nitrogens with one attached hydrogen (secondary N) is 2. The van der Waals surface area contributed by atoms with E-state index in [4.69, 9.17) is 14.6 Å². The second kappa shape index (κ2) is 8.27. The molecule has 0 aromatic heterocycles. The molecule has 4 rings (SSSR count). The molecule has 3 atom stereocenters. The van der Waals surface area contributed by atoms with Gasteiger partial charge in [0.15, 0.2) is 0 Å². The van der Waals surface area contributed by atoms with Crippen LogP contribution < -0.4 is 15.4 Å². The summed E-state index contributed by atoms with van der Waals surface area (Å²) in [4.78, 5) is 47.6. The van der Waals surface area contributed by atoms with Gasteiger partial charge in [0.25, 0.3) is 0 Å². The molecule has 0 spiro atoms. The van der Waals surface area contributed by atoms with Crippen molar-refractivity contribution in [2.45, 2.75) is 24.7 Å². The number of anilines is 1. The predicted octanol–water partition coefficient (Wildman–Crippen LogP) is 1.81. The highest BCUT2D eigenvalue weighted by molar-refractivity contribution is 5.93. The molecule has 176 valence electrons. The van der Waals surface area contributed by atoms with E-state index >= 15 is 0 Å². The first-order valence-electron chi connectivity index (χ1n) is 9.59. The lowest BCUT2D eigenvalue weighted by molar-refractivity contribution is -0.189. The van der Waals surface area contributed by atoms with Gasteiger partial charge in [-0.05, 0) is 37.2 Å². The Morgan fingerprint density at radius 1 is 1.18 bits per heavy atom. The third-order valence-electron chi connectivity index (χ3n) is 5.40. The lowest BCUT2D eigenvalue weighted by Crippen LogP contribution is -2.71. The molecule has 1 aromatic carbocycles. The Labute approximate surface area is 183 Å². The van der Waals surface area contributed by atoms with E-state index in [1.807, 2.05) is 0 Å². The van der Waals surface area contributed by atoms with Gasteiger partial charge >= 0.3 is 24.4 Å². The van der Waals surface area contributed by atoms with Gasteiger partial charge in [-0.15, -0.1) is 0 Å². The molecule has 1 unspecified atom stereocenters. The first-order chi connectivity index (χ1) is 15.6. The summed E-state index contributed by atoms with van der Waals surface area (Å²) < 4.78 is 50.8. The minimum atomic E-state index is -5.14. The molecule has 0 radical (unpaired) electrons. The van der Waals surface area contributed by atoms with Crippen molar-refractivity contribution < 1.29 is 51.7 Å². The summed E-state index contributed by atoms with van der Waals surface area (Å²) in [7, 11) is 0. The summed E-state index contributed by atoms with van der Waals surface area (Å²) >= 11 is 0. The Bertz CT molecular complexity index is 1040. The molecule has 3 aliphatic heterocycles. The second-order valence-corrected chi connectivity index (χ2v) is 7.34. The number of rotatable bonds is 5. The summed E-state index contributed by atoms with van der Waals surface area (Å²) in [6.07, 6.45) is -7.12. The molecular weight excluding hydrogens is 455 g/mol. The van der Waals surface area contributed by atoms with Crippen LogP contribution in [-0.4, -0.2) is 65.5 Å². The van der Waals surface area contributed by atoms with Crippen LogP contribution in [0.2, 0.25) is 0 Å². The molecule has 0 bridgehead atoms. The monoisotopic (exact) mass is 471 g/mol. The fraction of sp³-hybridized carbons (Fsp3) is 0.368. The zero-order chi connectivity index (χ0) is 23.9. The average molecular weight is 471 g/mol. The smallest absolute Gasteiger partial charge is 0.449 e. The van der Waals surface area contributed by atoms with Crippen molar-refractivity contribution in [3.05, 3.63) is 35.7 Å². The number of β-lactam (4-membered cyclic amide) rings is 1. The Morgan fingerprint density at radius 3 is 2.52 bits per heavy atom. The number of carbonyl (C=O) groups is 4. The van der Waals surface area contributed by atoms with E-state index in [1.54, 1.807) is 0 Å². The van der Waals surface area contributed by atoms with Crippen LogP contribution in [0.5, 0.6) is 5.75 Å². The minimum Gasteiger partial charge on any atom is -0.449 e. The van der Waals surface area contributed by atoms with E-state index in [0.29, 0.717) is 18.5 Å². The van der Waals surface area contributed by atoms with Gasteiger partial charge in [-0.25, -0.2) is 14.4 Å². The number of alkyl halides is 3. The number of carboxylic acid groups (broad SMARTS) is 1. The summed E-state index contributed by atoms with van der Waals surface area (Å²) in [6, 6.07) is 3.71. The molecule has 2 saturated heterocycles. The molecule has 2 fully saturated rings. The van der Waals surface area contributed by atoms with E-state index in [0.717, 1.165) is 12.1 Å². The van der Waals surface area contributed by atoms with Crippen LogP contribution in [0.3, 0.4) is 0 Å². The Balaban J connectivity index is 1.38. The second-order valence-electron chi connectivity index (χ2n) is 7.34. The highest BCUT2D eigenvalue weighted by Gasteiger charge is 2.61. The van der Waals surface area contributed by atoms with Crippen molar-refractivity contribution >= 4 is 29.8 Å². The van der Waals surface area contributed by atoms with Crippen LogP contribution >= 0.6 is 0 Å². The third-order valence-corrected chi connectivity index (χ3v) is 5.40. The van der Waals surface area contributed by atoms with Crippen LogP contribution in [0.1, 0.15) is 6.42 Å². The fourth-order valence-corrected chi connectivity index (χ4v) is 4.06. The minimum absolute atomic E-state index is 0.134. The number of carbonyl (C=O) groups excluding carboxylic acids is 3. The molecular formula is C19H16F3N3O8. The van der Waals surface area contributed by atoms with Crippen LogP contribution in [0.15, 0.2) is 35.7 Å². The molecule has 1 aromatic rings. The number of nitrogens with zero attached hydrogens (tertiary/aromatic N) is 1. The SMILES string of the molecule is O=C(O)OC1=C(COC(=O)Nc2ccc(OC(=O)C(F)(F)F)cc2)C2CCN[C@@H]3C(=O)N1[C@H]23. The van der Waals surface area contributed by atoms with Crippen LogP contribution in [0.25, 0.3) is 0 Å². The maximum absolute atomic E-state index is 12.3. The standard InChI is InChI=1S/C19H16F3N3O8/c20-19(21,22)16(27)32-9-3-1-8(2-4-9)24-17(28)31-7-11-10-5-6-23-12-13(10)25(14(12)26)15(11)33-18(29)30/h1-4,10,12-13,23H,5-7H2,(H,24,28)(H,29,30)/t10?,12-,13+/m0/s1. The number of esters is 1. The average Bonchev–Trinajstić information content (AvgIpc) is 3.03. The van der Waals surface area contributed by atoms with Crippen LogP contribution in [0.4, 0.5) is 28.4 Å². The number of amides is 2.